The van der Waals surface area contributed by atoms with Crippen LogP contribution in [-0.2, 0) is 9.59 Å². The Morgan fingerprint density at radius 3 is 2.32 bits per heavy atom. The first-order valence-electron chi connectivity index (χ1n) is 8.33. The number of non-ortho nitro benzene ring substituents is 1. The lowest BCUT2D eigenvalue weighted by Crippen LogP contribution is -2.40. The molecule has 2 N–H and O–H groups in total. The van der Waals surface area contributed by atoms with Gasteiger partial charge < -0.3 is 10.6 Å². The number of rotatable bonds is 4. The molecule has 144 valence electrons. The van der Waals surface area contributed by atoms with Crippen LogP contribution < -0.4 is 15.5 Å². The van der Waals surface area contributed by atoms with Crippen LogP contribution in [0.15, 0.2) is 42.5 Å². The van der Waals surface area contributed by atoms with E-state index in [9.17, 15) is 19.7 Å². The third-order valence-corrected chi connectivity index (χ3v) is 4.61. The van der Waals surface area contributed by atoms with Gasteiger partial charge in [-0.3, -0.25) is 24.6 Å². The van der Waals surface area contributed by atoms with E-state index < -0.39 is 4.92 Å². The van der Waals surface area contributed by atoms with Crippen molar-refractivity contribution in [3.05, 3.63) is 57.6 Å². The summed E-state index contributed by atoms with van der Waals surface area (Å²) in [6.07, 6.45) is 1.28. The Morgan fingerprint density at radius 2 is 1.71 bits per heavy atom. The standard InChI is InChI=1S/C18H15ClN4O4S/c19-14-9-8-13(23(26)27)10-15(14)21-18(28)20-11-4-6-12(7-5-11)22-16(24)2-1-3-17(22)25/h4-10H,1-3H2,(H2,20,21,28). The fourth-order valence-electron chi connectivity index (χ4n) is 2.74. The quantitative estimate of drug-likeness (QED) is 0.333. The molecule has 0 atom stereocenters. The molecule has 0 saturated carbocycles. The van der Waals surface area contributed by atoms with E-state index in [-0.39, 0.29) is 27.6 Å². The van der Waals surface area contributed by atoms with Gasteiger partial charge >= 0.3 is 0 Å². The lowest BCUT2D eigenvalue weighted by Gasteiger charge is -2.25. The number of carbonyl (C=O) groups is 2. The van der Waals surface area contributed by atoms with Gasteiger partial charge in [0.1, 0.15) is 0 Å². The summed E-state index contributed by atoms with van der Waals surface area (Å²) in [4.78, 5) is 35.5. The maximum Gasteiger partial charge on any atom is 0.271 e. The number of nitro benzene ring substituents is 1. The van der Waals surface area contributed by atoms with Crippen LogP contribution in [0.25, 0.3) is 0 Å². The zero-order chi connectivity index (χ0) is 20.3. The number of anilines is 3. The minimum atomic E-state index is -0.528. The van der Waals surface area contributed by atoms with Gasteiger partial charge in [0.2, 0.25) is 11.8 Å². The molecular formula is C18H15ClN4O4S. The van der Waals surface area contributed by atoms with Crippen molar-refractivity contribution in [3.63, 3.8) is 0 Å². The highest BCUT2D eigenvalue weighted by molar-refractivity contribution is 7.80. The summed E-state index contributed by atoms with van der Waals surface area (Å²) in [7, 11) is 0. The van der Waals surface area contributed by atoms with Crippen LogP contribution in [0.3, 0.4) is 0 Å². The van der Waals surface area contributed by atoms with Crippen LogP contribution in [0.1, 0.15) is 19.3 Å². The van der Waals surface area contributed by atoms with Gasteiger partial charge in [-0.1, -0.05) is 11.6 Å². The first-order chi connectivity index (χ1) is 13.3. The molecule has 1 fully saturated rings. The first-order valence-corrected chi connectivity index (χ1v) is 9.11. The van der Waals surface area contributed by atoms with E-state index in [4.69, 9.17) is 23.8 Å². The SMILES string of the molecule is O=C1CCCC(=O)N1c1ccc(NC(=S)Nc2cc([N+](=O)[O-])ccc2Cl)cc1. The van der Waals surface area contributed by atoms with Gasteiger partial charge in [0.15, 0.2) is 5.11 Å². The summed E-state index contributed by atoms with van der Waals surface area (Å²) in [6, 6.07) is 10.6. The van der Waals surface area contributed by atoms with Crippen molar-refractivity contribution < 1.29 is 14.5 Å². The van der Waals surface area contributed by atoms with Crippen LogP contribution in [0.5, 0.6) is 0 Å². The second-order valence-corrected chi connectivity index (χ2v) is 6.84. The molecule has 0 aromatic heterocycles. The van der Waals surface area contributed by atoms with E-state index in [1.807, 2.05) is 0 Å². The number of hydrogen-bond acceptors (Lipinski definition) is 5. The van der Waals surface area contributed by atoms with Gasteiger partial charge in [-0.15, -0.1) is 0 Å². The number of piperidine rings is 1. The highest BCUT2D eigenvalue weighted by Crippen LogP contribution is 2.27. The molecule has 0 radical (unpaired) electrons. The van der Waals surface area contributed by atoms with Gasteiger partial charge in [-0.2, -0.15) is 0 Å². The lowest BCUT2D eigenvalue weighted by molar-refractivity contribution is -0.384. The predicted molar refractivity (Wildman–Crippen MR) is 111 cm³/mol. The van der Waals surface area contributed by atoms with Crippen molar-refractivity contribution in [3.8, 4) is 0 Å². The Bertz CT molecular complexity index is 949. The Kier molecular flexibility index (Phi) is 5.86. The number of carbonyl (C=O) groups excluding carboxylic acids is 2. The molecular weight excluding hydrogens is 404 g/mol. The fraction of sp³-hybridized carbons (Fsp3) is 0.167. The zero-order valence-corrected chi connectivity index (χ0v) is 16.0. The van der Waals surface area contributed by atoms with Crippen LogP contribution in [0, 0.1) is 10.1 Å². The molecule has 0 spiro atoms. The first kappa shape index (κ1) is 19.7. The van der Waals surface area contributed by atoms with Crippen molar-refractivity contribution in [1.29, 1.82) is 0 Å². The lowest BCUT2D eigenvalue weighted by atomic mass is 10.1. The Hall–Kier alpha value is -3.04. The third kappa shape index (κ3) is 4.44. The maximum absolute atomic E-state index is 12.0. The summed E-state index contributed by atoms with van der Waals surface area (Å²) in [6.45, 7) is 0. The van der Waals surface area contributed by atoms with Crippen LogP contribution in [0.4, 0.5) is 22.7 Å². The molecule has 8 nitrogen and oxygen atoms in total. The Balaban J connectivity index is 1.68. The summed E-state index contributed by atoms with van der Waals surface area (Å²) in [5.74, 6) is -0.427. The normalized spacial score (nSPS) is 14.0. The van der Waals surface area contributed by atoms with Gasteiger partial charge in [-0.05, 0) is 49.0 Å². The third-order valence-electron chi connectivity index (χ3n) is 4.07. The number of benzene rings is 2. The minimum absolute atomic E-state index is 0.116. The van der Waals surface area contributed by atoms with E-state index in [0.29, 0.717) is 36.3 Å². The molecule has 0 aliphatic carbocycles. The number of nitrogens with one attached hydrogen (secondary N) is 2. The van der Waals surface area contributed by atoms with Crippen molar-refractivity contribution >= 4 is 63.5 Å². The average molecular weight is 419 g/mol. The van der Waals surface area contributed by atoms with Gasteiger partial charge in [0.05, 0.1) is 21.3 Å². The minimum Gasteiger partial charge on any atom is -0.332 e. The molecule has 1 aliphatic heterocycles. The van der Waals surface area contributed by atoms with Crippen molar-refractivity contribution in [1.82, 2.24) is 0 Å². The molecule has 2 amide bonds. The van der Waals surface area contributed by atoms with E-state index in [2.05, 4.69) is 10.6 Å². The van der Waals surface area contributed by atoms with Crippen molar-refractivity contribution in [2.45, 2.75) is 19.3 Å². The molecule has 0 bridgehead atoms. The number of nitro groups is 1. The number of hydrogen-bond donors (Lipinski definition) is 2. The van der Waals surface area contributed by atoms with Gasteiger partial charge in [0.25, 0.3) is 5.69 Å². The number of amides is 2. The topological polar surface area (TPSA) is 105 Å². The summed E-state index contributed by atoms with van der Waals surface area (Å²) < 4.78 is 0. The van der Waals surface area contributed by atoms with E-state index >= 15 is 0 Å². The maximum atomic E-state index is 12.0. The summed E-state index contributed by atoms with van der Waals surface area (Å²) in [5.41, 5.74) is 1.30. The molecule has 10 heteroatoms. The molecule has 2 aromatic rings. The summed E-state index contributed by atoms with van der Waals surface area (Å²) in [5, 5.41) is 17.1. The highest BCUT2D eigenvalue weighted by Gasteiger charge is 2.27. The van der Waals surface area contributed by atoms with Gasteiger partial charge in [0, 0.05) is 30.7 Å². The highest BCUT2D eigenvalue weighted by atomic mass is 35.5. The summed E-state index contributed by atoms with van der Waals surface area (Å²) >= 11 is 11.3. The number of imide groups is 1. The Labute approximate surface area is 170 Å². The van der Waals surface area contributed by atoms with Crippen molar-refractivity contribution in [2.24, 2.45) is 0 Å². The molecule has 1 saturated heterocycles. The molecule has 1 heterocycles. The number of halogens is 1. The van der Waals surface area contributed by atoms with Crippen LogP contribution >= 0.6 is 23.8 Å². The van der Waals surface area contributed by atoms with Crippen LogP contribution in [0.2, 0.25) is 5.02 Å². The zero-order valence-electron chi connectivity index (χ0n) is 14.5. The smallest absolute Gasteiger partial charge is 0.271 e. The predicted octanol–water partition coefficient (Wildman–Crippen LogP) is 4.10. The van der Waals surface area contributed by atoms with E-state index in [0.717, 1.165) is 0 Å². The number of thiocarbonyl (C=S) groups is 1. The van der Waals surface area contributed by atoms with Crippen molar-refractivity contribution in [2.75, 3.05) is 15.5 Å². The monoisotopic (exact) mass is 418 g/mol. The Morgan fingerprint density at radius 1 is 1.07 bits per heavy atom. The molecule has 3 rings (SSSR count). The fourth-order valence-corrected chi connectivity index (χ4v) is 3.14. The molecule has 0 unspecified atom stereocenters. The van der Waals surface area contributed by atoms with Crippen LogP contribution in [-0.4, -0.2) is 21.9 Å². The van der Waals surface area contributed by atoms with Gasteiger partial charge in [-0.25, -0.2) is 0 Å². The molecule has 2 aromatic carbocycles. The molecule has 28 heavy (non-hydrogen) atoms. The second-order valence-electron chi connectivity index (χ2n) is 6.02. The average Bonchev–Trinajstić information content (AvgIpc) is 2.64. The number of nitrogens with zero attached hydrogens (tertiary/aromatic N) is 2. The largest absolute Gasteiger partial charge is 0.332 e. The molecule has 1 aliphatic rings. The van der Waals surface area contributed by atoms with E-state index in [1.165, 1.54) is 23.1 Å². The van der Waals surface area contributed by atoms with E-state index in [1.54, 1.807) is 24.3 Å². The second kappa shape index (κ2) is 8.32.